The maximum absolute atomic E-state index is 11.6. The molecule has 3 aromatic rings. The summed E-state index contributed by atoms with van der Waals surface area (Å²) in [5.41, 5.74) is 1.05. The number of aromatic nitrogens is 4. The Bertz CT molecular complexity index is 934. The number of ether oxygens (including phenoxy) is 1. The number of thiophene rings is 1. The molecule has 0 bridgehead atoms. The van der Waals surface area contributed by atoms with E-state index in [0.29, 0.717) is 27.5 Å². The summed E-state index contributed by atoms with van der Waals surface area (Å²) >= 11 is 7.47. The fraction of sp³-hybridized carbons (Fsp3) is 0.250. The zero-order valence-corrected chi connectivity index (χ0v) is 14.8. The van der Waals surface area contributed by atoms with Gasteiger partial charge in [0, 0.05) is 12.0 Å². The van der Waals surface area contributed by atoms with Crippen LogP contribution in [0.15, 0.2) is 24.4 Å². The first-order chi connectivity index (χ1) is 12.1. The highest BCUT2D eigenvalue weighted by Gasteiger charge is 2.26. The first kappa shape index (κ1) is 16.0. The van der Waals surface area contributed by atoms with Crippen molar-refractivity contribution >= 4 is 40.5 Å². The second-order valence-electron chi connectivity index (χ2n) is 5.65. The van der Waals surface area contributed by atoms with E-state index < -0.39 is 0 Å². The second kappa shape index (κ2) is 6.45. The zero-order chi connectivity index (χ0) is 17.4. The van der Waals surface area contributed by atoms with E-state index in [9.17, 15) is 4.79 Å². The molecule has 7 nitrogen and oxygen atoms in total. The van der Waals surface area contributed by atoms with Gasteiger partial charge in [0.2, 0.25) is 0 Å². The molecule has 4 rings (SSSR count). The average molecular weight is 376 g/mol. The van der Waals surface area contributed by atoms with Crippen molar-refractivity contribution in [3.63, 3.8) is 0 Å². The monoisotopic (exact) mass is 375 g/mol. The van der Waals surface area contributed by atoms with Crippen molar-refractivity contribution in [1.82, 2.24) is 20.2 Å². The van der Waals surface area contributed by atoms with Gasteiger partial charge in [-0.15, -0.1) is 11.3 Å². The fourth-order valence-electron chi connectivity index (χ4n) is 2.36. The van der Waals surface area contributed by atoms with Crippen LogP contribution in [-0.4, -0.2) is 33.2 Å². The van der Waals surface area contributed by atoms with Crippen LogP contribution in [0.2, 0.25) is 5.02 Å². The molecule has 25 heavy (non-hydrogen) atoms. The molecule has 1 aliphatic rings. The van der Waals surface area contributed by atoms with Crippen LogP contribution >= 0.6 is 22.9 Å². The Labute approximate surface area is 152 Å². The average Bonchev–Trinajstić information content (AvgIpc) is 3.17. The molecule has 0 aromatic carbocycles. The summed E-state index contributed by atoms with van der Waals surface area (Å²) in [5, 5.41) is 10.8. The fourth-order valence-corrected chi connectivity index (χ4v) is 3.36. The Balaban J connectivity index is 1.59. The van der Waals surface area contributed by atoms with Crippen LogP contribution in [-0.2, 0) is 4.74 Å². The third kappa shape index (κ3) is 3.35. The number of H-pyrrole nitrogens is 1. The Morgan fingerprint density at radius 3 is 3.04 bits per heavy atom. The summed E-state index contributed by atoms with van der Waals surface area (Å²) in [6.07, 6.45) is 3.90. The van der Waals surface area contributed by atoms with Crippen LogP contribution in [0.5, 0.6) is 0 Å². The molecule has 0 amide bonds. The van der Waals surface area contributed by atoms with Crippen molar-refractivity contribution in [2.45, 2.75) is 18.8 Å². The predicted molar refractivity (Wildman–Crippen MR) is 95.5 cm³/mol. The van der Waals surface area contributed by atoms with Gasteiger partial charge in [-0.25, -0.2) is 14.8 Å². The van der Waals surface area contributed by atoms with E-state index in [4.69, 9.17) is 16.3 Å². The van der Waals surface area contributed by atoms with Gasteiger partial charge in [-0.2, -0.15) is 5.10 Å². The van der Waals surface area contributed by atoms with Crippen LogP contribution in [0.1, 0.15) is 34.1 Å². The highest BCUT2D eigenvalue weighted by atomic mass is 35.5. The zero-order valence-electron chi connectivity index (χ0n) is 13.2. The molecule has 0 spiro atoms. The minimum Gasteiger partial charge on any atom is -0.465 e. The summed E-state index contributed by atoms with van der Waals surface area (Å²) in [5.74, 6) is 1.87. The van der Waals surface area contributed by atoms with Gasteiger partial charge >= 0.3 is 5.97 Å². The molecule has 1 fully saturated rings. The number of anilines is 2. The Kier molecular flexibility index (Phi) is 4.14. The maximum Gasteiger partial charge on any atom is 0.348 e. The van der Waals surface area contributed by atoms with E-state index in [2.05, 4.69) is 25.5 Å². The standard InChI is InChI=1S/C16H14ClN5O2S/c1-24-16(23)12-5-4-11(25-12)15-18-7-9(17)14(20-15)19-13-6-10(21-22-13)8-2-3-8/h4-8H,2-3H2,1H3,(H2,18,19,20,21,22). The molecule has 3 aromatic heterocycles. The van der Waals surface area contributed by atoms with Crippen LogP contribution in [0.3, 0.4) is 0 Å². The van der Waals surface area contributed by atoms with E-state index in [1.54, 1.807) is 12.1 Å². The molecule has 3 heterocycles. The van der Waals surface area contributed by atoms with Gasteiger partial charge < -0.3 is 10.1 Å². The molecule has 0 atom stereocenters. The van der Waals surface area contributed by atoms with Crippen molar-refractivity contribution in [1.29, 1.82) is 0 Å². The van der Waals surface area contributed by atoms with Crippen LogP contribution in [0.4, 0.5) is 11.6 Å². The number of esters is 1. The lowest BCUT2D eigenvalue weighted by Gasteiger charge is -2.06. The molecule has 1 saturated carbocycles. The first-order valence-electron chi connectivity index (χ1n) is 7.67. The highest BCUT2D eigenvalue weighted by Crippen LogP contribution is 2.40. The van der Waals surface area contributed by atoms with Gasteiger partial charge in [0.15, 0.2) is 11.6 Å². The summed E-state index contributed by atoms with van der Waals surface area (Å²) < 4.78 is 4.72. The lowest BCUT2D eigenvalue weighted by molar-refractivity contribution is 0.0606. The smallest absolute Gasteiger partial charge is 0.348 e. The normalized spacial score (nSPS) is 13.7. The second-order valence-corrected chi connectivity index (χ2v) is 7.14. The van der Waals surface area contributed by atoms with Gasteiger partial charge in [0.1, 0.15) is 15.7 Å². The molecule has 2 N–H and O–H groups in total. The molecule has 9 heteroatoms. The number of hydrogen-bond donors (Lipinski definition) is 2. The molecule has 0 aliphatic heterocycles. The van der Waals surface area contributed by atoms with E-state index >= 15 is 0 Å². The van der Waals surface area contributed by atoms with Crippen molar-refractivity contribution in [3.05, 3.63) is 40.0 Å². The number of halogens is 1. The number of rotatable bonds is 5. The van der Waals surface area contributed by atoms with Gasteiger partial charge in [0.25, 0.3) is 0 Å². The van der Waals surface area contributed by atoms with Gasteiger partial charge in [-0.05, 0) is 25.0 Å². The van der Waals surface area contributed by atoms with Crippen LogP contribution < -0.4 is 5.32 Å². The number of nitrogens with zero attached hydrogens (tertiary/aromatic N) is 3. The number of carbonyl (C=O) groups excluding carboxylic acids is 1. The maximum atomic E-state index is 11.6. The number of methoxy groups -OCH3 is 1. The topological polar surface area (TPSA) is 92.8 Å². The number of hydrogen-bond acceptors (Lipinski definition) is 7. The van der Waals surface area contributed by atoms with Crippen molar-refractivity contribution in [2.75, 3.05) is 12.4 Å². The van der Waals surface area contributed by atoms with Gasteiger partial charge in [-0.1, -0.05) is 11.6 Å². The third-order valence-corrected chi connectivity index (χ3v) is 5.14. The molecule has 0 radical (unpaired) electrons. The molecular weight excluding hydrogens is 362 g/mol. The largest absolute Gasteiger partial charge is 0.465 e. The summed E-state index contributed by atoms with van der Waals surface area (Å²) in [7, 11) is 1.35. The van der Waals surface area contributed by atoms with E-state index in [1.165, 1.54) is 37.5 Å². The minimum atomic E-state index is -0.381. The number of aromatic amines is 1. The summed E-state index contributed by atoms with van der Waals surface area (Å²) in [6.45, 7) is 0. The van der Waals surface area contributed by atoms with Crippen molar-refractivity contribution in [3.8, 4) is 10.7 Å². The van der Waals surface area contributed by atoms with Gasteiger partial charge in [0.05, 0.1) is 23.9 Å². The van der Waals surface area contributed by atoms with Crippen molar-refractivity contribution < 1.29 is 9.53 Å². The molecule has 0 saturated heterocycles. The van der Waals surface area contributed by atoms with E-state index in [1.807, 2.05) is 6.07 Å². The number of nitrogens with one attached hydrogen (secondary N) is 2. The molecular formula is C16H14ClN5O2S. The Morgan fingerprint density at radius 2 is 2.28 bits per heavy atom. The SMILES string of the molecule is COC(=O)c1ccc(-c2ncc(Cl)c(Nc3cc(C4CC4)n[nH]3)n2)s1. The first-order valence-corrected chi connectivity index (χ1v) is 8.87. The van der Waals surface area contributed by atoms with E-state index in [-0.39, 0.29) is 5.97 Å². The molecule has 1 aliphatic carbocycles. The minimum absolute atomic E-state index is 0.381. The Hall–Kier alpha value is -2.45. The summed E-state index contributed by atoms with van der Waals surface area (Å²) in [4.78, 5) is 21.5. The van der Waals surface area contributed by atoms with Crippen molar-refractivity contribution in [2.24, 2.45) is 0 Å². The lowest BCUT2D eigenvalue weighted by atomic mass is 10.3. The Morgan fingerprint density at radius 1 is 1.44 bits per heavy atom. The van der Waals surface area contributed by atoms with Gasteiger partial charge in [-0.3, -0.25) is 5.10 Å². The quantitative estimate of drug-likeness (QED) is 0.655. The van der Waals surface area contributed by atoms with Crippen LogP contribution in [0, 0.1) is 0 Å². The lowest BCUT2D eigenvalue weighted by Crippen LogP contribution is -1.98. The predicted octanol–water partition coefficient (Wildman–Crippen LogP) is 3.99. The molecule has 0 unspecified atom stereocenters. The summed E-state index contributed by atoms with van der Waals surface area (Å²) in [6, 6.07) is 5.44. The number of carbonyl (C=O) groups is 1. The highest BCUT2D eigenvalue weighted by molar-refractivity contribution is 7.17. The van der Waals surface area contributed by atoms with Crippen LogP contribution in [0.25, 0.3) is 10.7 Å². The third-order valence-electron chi connectivity index (χ3n) is 3.80. The van der Waals surface area contributed by atoms with E-state index in [0.717, 1.165) is 16.4 Å². The molecule has 128 valence electrons.